The number of hydrogen-bond donors (Lipinski definition) is 0. The SMILES string of the molecule is CC(C)N(C)Cc1ncn2c1CN(C(=O)Cc1ccccc1)CCC2. The van der Waals surface area contributed by atoms with Gasteiger partial charge in [-0.3, -0.25) is 9.69 Å². The van der Waals surface area contributed by atoms with Crippen LogP contribution in [0.3, 0.4) is 0 Å². The molecule has 5 nitrogen and oxygen atoms in total. The molecule has 0 saturated carbocycles. The highest BCUT2D eigenvalue weighted by atomic mass is 16.2. The van der Waals surface area contributed by atoms with Gasteiger partial charge >= 0.3 is 0 Å². The van der Waals surface area contributed by atoms with E-state index in [1.165, 1.54) is 5.69 Å². The molecular weight excluding hydrogens is 312 g/mol. The van der Waals surface area contributed by atoms with Crippen molar-refractivity contribution in [1.82, 2.24) is 19.4 Å². The van der Waals surface area contributed by atoms with Crippen LogP contribution in [0.5, 0.6) is 0 Å². The maximum Gasteiger partial charge on any atom is 0.227 e. The van der Waals surface area contributed by atoms with Gasteiger partial charge in [0.1, 0.15) is 0 Å². The number of benzene rings is 1. The molecule has 0 atom stereocenters. The third-order valence-electron chi connectivity index (χ3n) is 5.03. The number of aryl methyl sites for hydroxylation is 1. The number of nitrogens with zero attached hydrogens (tertiary/aromatic N) is 4. The fourth-order valence-corrected chi connectivity index (χ4v) is 3.16. The summed E-state index contributed by atoms with van der Waals surface area (Å²) in [4.78, 5) is 21.7. The molecule has 1 aromatic heterocycles. The summed E-state index contributed by atoms with van der Waals surface area (Å²) in [7, 11) is 2.12. The van der Waals surface area contributed by atoms with E-state index in [-0.39, 0.29) is 5.91 Å². The van der Waals surface area contributed by atoms with Crippen LogP contribution in [-0.4, -0.2) is 44.9 Å². The van der Waals surface area contributed by atoms with Gasteiger partial charge in [-0.05, 0) is 32.9 Å². The second kappa shape index (κ2) is 7.83. The predicted molar refractivity (Wildman–Crippen MR) is 99.0 cm³/mol. The zero-order valence-corrected chi connectivity index (χ0v) is 15.5. The molecule has 1 aliphatic heterocycles. The van der Waals surface area contributed by atoms with Gasteiger partial charge in [0.25, 0.3) is 0 Å². The molecule has 0 radical (unpaired) electrons. The van der Waals surface area contributed by atoms with Gasteiger partial charge in [-0.15, -0.1) is 0 Å². The number of carbonyl (C=O) groups excluding carboxylic acids is 1. The third-order valence-corrected chi connectivity index (χ3v) is 5.03. The summed E-state index contributed by atoms with van der Waals surface area (Å²) in [5.41, 5.74) is 3.35. The van der Waals surface area contributed by atoms with Crippen LogP contribution < -0.4 is 0 Å². The zero-order chi connectivity index (χ0) is 17.8. The first-order valence-electron chi connectivity index (χ1n) is 9.09. The van der Waals surface area contributed by atoms with E-state index in [0.29, 0.717) is 19.0 Å². The number of fused-ring (bicyclic) bond motifs is 1. The molecule has 0 spiro atoms. The van der Waals surface area contributed by atoms with Gasteiger partial charge in [0, 0.05) is 25.7 Å². The summed E-state index contributed by atoms with van der Waals surface area (Å²) in [6, 6.07) is 10.5. The van der Waals surface area contributed by atoms with E-state index in [1.807, 2.05) is 41.6 Å². The minimum atomic E-state index is 0.198. The molecule has 0 saturated heterocycles. The van der Waals surface area contributed by atoms with Gasteiger partial charge in [0.15, 0.2) is 0 Å². The number of rotatable bonds is 5. The van der Waals surface area contributed by atoms with E-state index in [2.05, 4.69) is 35.3 Å². The smallest absolute Gasteiger partial charge is 0.227 e. The Morgan fingerprint density at radius 3 is 2.72 bits per heavy atom. The molecule has 134 valence electrons. The molecule has 0 N–H and O–H groups in total. The number of aromatic nitrogens is 2. The molecular formula is C20H28N4O. The molecule has 2 heterocycles. The summed E-state index contributed by atoms with van der Waals surface area (Å²) in [5.74, 6) is 0.198. The van der Waals surface area contributed by atoms with E-state index in [9.17, 15) is 4.79 Å². The summed E-state index contributed by atoms with van der Waals surface area (Å²) in [6.45, 7) is 7.60. The first kappa shape index (κ1) is 17.7. The maximum atomic E-state index is 12.8. The van der Waals surface area contributed by atoms with Gasteiger partial charge < -0.3 is 9.47 Å². The fourth-order valence-electron chi connectivity index (χ4n) is 3.16. The largest absolute Gasteiger partial charge is 0.336 e. The summed E-state index contributed by atoms with van der Waals surface area (Å²) in [6.07, 6.45) is 3.38. The van der Waals surface area contributed by atoms with Crippen LogP contribution in [0, 0.1) is 0 Å². The topological polar surface area (TPSA) is 41.4 Å². The van der Waals surface area contributed by atoms with Gasteiger partial charge in [-0.25, -0.2) is 4.98 Å². The summed E-state index contributed by atoms with van der Waals surface area (Å²) >= 11 is 0. The van der Waals surface area contributed by atoms with Crippen molar-refractivity contribution in [1.29, 1.82) is 0 Å². The van der Waals surface area contributed by atoms with Crippen LogP contribution in [-0.2, 0) is 30.8 Å². The Morgan fingerprint density at radius 2 is 2.00 bits per heavy atom. The Kier molecular flexibility index (Phi) is 5.53. The first-order chi connectivity index (χ1) is 12.0. The van der Waals surface area contributed by atoms with Crippen molar-refractivity contribution in [3.05, 3.63) is 53.6 Å². The fraction of sp³-hybridized carbons (Fsp3) is 0.500. The lowest BCUT2D eigenvalue weighted by Crippen LogP contribution is -2.33. The second-order valence-corrected chi connectivity index (χ2v) is 7.17. The lowest BCUT2D eigenvalue weighted by molar-refractivity contribution is -0.131. The molecule has 1 amide bonds. The normalized spacial score (nSPS) is 14.7. The average Bonchev–Trinajstić information content (AvgIpc) is 2.83. The van der Waals surface area contributed by atoms with E-state index in [4.69, 9.17) is 0 Å². The van der Waals surface area contributed by atoms with Crippen LogP contribution in [0.2, 0.25) is 0 Å². The number of carbonyl (C=O) groups is 1. The van der Waals surface area contributed by atoms with E-state index in [0.717, 1.165) is 37.3 Å². The predicted octanol–water partition coefficient (Wildman–Crippen LogP) is 2.70. The lowest BCUT2D eigenvalue weighted by atomic mass is 10.1. The van der Waals surface area contributed by atoms with Gasteiger partial charge in [0.05, 0.1) is 30.7 Å². The maximum absolute atomic E-state index is 12.8. The molecule has 1 aromatic carbocycles. The lowest BCUT2D eigenvalue weighted by Gasteiger charge is -2.23. The van der Waals surface area contributed by atoms with Crippen molar-refractivity contribution in [2.75, 3.05) is 13.6 Å². The molecule has 0 bridgehead atoms. The molecule has 0 aliphatic carbocycles. The number of hydrogen-bond acceptors (Lipinski definition) is 3. The van der Waals surface area contributed by atoms with Crippen molar-refractivity contribution < 1.29 is 4.79 Å². The van der Waals surface area contributed by atoms with Crippen LogP contribution in [0.4, 0.5) is 0 Å². The standard InChI is InChI=1S/C20H28N4O/c1-16(2)22(3)13-18-19-14-23(10-7-11-24(19)15-21-18)20(25)12-17-8-5-4-6-9-17/h4-6,8-9,15-16H,7,10-14H2,1-3H3. The quantitative estimate of drug-likeness (QED) is 0.840. The van der Waals surface area contributed by atoms with Gasteiger partial charge in [-0.1, -0.05) is 30.3 Å². The van der Waals surface area contributed by atoms with Crippen molar-refractivity contribution in [2.24, 2.45) is 0 Å². The molecule has 5 heteroatoms. The van der Waals surface area contributed by atoms with E-state index in [1.54, 1.807) is 0 Å². The van der Waals surface area contributed by atoms with Crippen molar-refractivity contribution >= 4 is 5.91 Å². The highest BCUT2D eigenvalue weighted by Gasteiger charge is 2.23. The second-order valence-electron chi connectivity index (χ2n) is 7.17. The summed E-state index contributed by atoms with van der Waals surface area (Å²) in [5, 5.41) is 0. The molecule has 25 heavy (non-hydrogen) atoms. The molecule has 1 aliphatic rings. The van der Waals surface area contributed by atoms with Crippen LogP contribution in [0.25, 0.3) is 0 Å². The van der Waals surface area contributed by atoms with Gasteiger partial charge in [0.2, 0.25) is 5.91 Å². The van der Waals surface area contributed by atoms with Crippen LogP contribution in [0.1, 0.15) is 37.2 Å². The number of imidazole rings is 1. The first-order valence-corrected chi connectivity index (χ1v) is 9.09. The monoisotopic (exact) mass is 340 g/mol. The Hall–Kier alpha value is -2.14. The Bertz CT molecular complexity index is 708. The summed E-state index contributed by atoms with van der Waals surface area (Å²) < 4.78 is 2.22. The Balaban J connectivity index is 1.73. The Labute approximate surface area is 150 Å². The molecule has 0 fully saturated rings. The third kappa shape index (κ3) is 4.28. The van der Waals surface area contributed by atoms with Crippen LogP contribution in [0.15, 0.2) is 36.7 Å². The molecule has 2 aromatic rings. The van der Waals surface area contributed by atoms with Crippen molar-refractivity contribution in [3.8, 4) is 0 Å². The van der Waals surface area contributed by atoms with Gasteiger partial charge in [-0.2, -0.15) is 0 Å². The van der Waals surface area contributed by atoms with Crippen molar-refractivity contribution in [2.45, 2.75) is 52.4 Å². The average molecular weight is 340 g/mol. The minimum absolute atomic E-state index is 0.198. The zero-order valence-electron chi connectivity index (χ0n) is 15.5. The van der Waals surface area contributed by atoms with Crippen LogP contribution >= 0.6 is 0 Å². The van der Waals surface area contributed by atoms with E-state index >= 15 is 0 Å². The Morgan fingerprint density at radius 1 is 1.24 bits per heavy atom. The highest BCUT2D eigenvalue weighted by Crippen LogP contribution is 2.19. The molecule has 0 unspecified atom stereocenters. The highest BCUT2D eigenvalue weighted by molar-refractivity contribution is 5.78. The van der Waals surface area contributed by atoms with Crippen molar-refractivity contribution in [3.63, 3.8) is 0 Å². The minimum Gasteiger partial charge on any atom is -0.336 e. The van der Waals surface area contributed by atoms with E-state index < -0.39 is 0 Å². The number of amides is 1. The molecule has 3 rings (SSSR count).